The Morgan fingerprint density at radius 1 is 0.446 bits per heavy atom. The van der Waals surface area contributed by atoms with Gasteiger partial charge in [-0.25, -0.2) is 0 Å². The third-order valence-electron chi connectivity index (χ3n) is 10.7. The van der Waals surface area contributed by atoms with Crippen molar-refractivity contribution in [1.82, 2.24) is 5.32 Å². The lowest BCUT2D eigenvalue weighted by atomic mass is 10.0. The molecule has 0 saturated heterocycles. The van der Waals surface area contributed by atoms with Crippen LogP contribution in [0.5, 0.6) is 0 Å². The fourth-order valence-corrected chi connectivity index (χ4v) is 7.04. The molecule has 0 aromatic rings. The Labute approximate surface area is 349 Å². The highest BCUT2D eigenvalue weighted by molar-refractivity contribution is 5.76. The fraction of sp³-hybridized carbons (Fsp3) is 0.750. The van der Waals surface area contributed by atoms with Gasteiger partial charge in [-0.2, -0.15) is 0 Å². The Morgan fingerprint density at radius 3 is 1.14 bits per heavy atom. The van der Waals surface area contributed by atoms with Crippen LogP contribution in [0.15, 0.2) is 72.9 Å². The third kappa shape index (κ3) is 43.0. The van der Waals surface area contributed by atoms with Gasteiger partial charge in [0, 0.05) is 6.42 Å². The number of hydrogen-bond donors (Lipinski definition) is 3. The summed E-state index contributed by atoms with van der Waals surface area (Å²) in [6.07, 6.45) is 68.4. The molecule has 0 aliphatic heterocycles. The van der Waals surface area contributed by atoms with E-state index in [-0.39, 0.29) is 12.5 Å². The number of rotatable bonds is 43. The van der Waals surface area contributed by atoms with Crippen molar-refractivity contribution in [1.29, 1.82) is 0 Å². The molecule has 0 fully saturated rings. The maximum atomic E-state index is 12.2. The molecule has 56 heavy (non-hydrogen) atoms. The second-order valence-electron chi connectivity index (χ2n) is 16.1. The van der Waals surface area contributed by atoms with Gasteiger partial charge >= 0.3 is 0 Å². The molecule has 3 N–H and O–H groups in total. The summed E-state index contributed by atoms with van der Waals surface area (Å²) in [5.41, 5.74) is 0. The quantitative estimate of drug-likeness (QED) is 0.0426. The lowest BCUT2D eigenvalue weighted by Gasteiger charge is -2.19. The van der Waals surface area contributed by atoms with Gasteiger partial charge in [0.05, 0.1) is 18.8 Å². The number of aliphatic hydroxyl groups is 2. The zero-order chi connectivity index (χ0) is 40.7. The van der Waals surface area contributed by atoms with Crippen molar-refractivity contribution in [2.24, 2.45) is 0 Å². The van der Waals surface area contributed by atoms with Crippen molar-refractivity contribution in [3.63, 3.8) is 0 Å². The third-order valence-corrected chi connectivity index (χ3v) is 10.7. The van der Waals surface area contributed by atoms with E-state index in [4.69, 9.17) is 0 Å². The molecule has 324 valence electrons. The first-order chi connectivity index (χ1) is 27.7. The highest BCUT2D eigenvalue weighted by atomic mass is 16.3. The standard InChI is InChI=1S/C52H93NO3/c1-3-5-7-8-9-10-11-12-13-14-15-16-17-18-19-20-21-22-23-24-25-26-27-28-29-30-31-32-33-34-35-36-37-38-39-40-41-42-43-44-46-48-52(56)53-50(49-54)51(55)47-45-6-4-2/h5,7,9-10,12-13,15-16,18-19,45,47,50-51,54-55H,3-4,6,8,11,14,17,20-44,46,48-49H2,1-2H3,(H,53,56)/b7-5-,10-9-,13-12-,16-15-,19-18-,47-45+. The maximum absolute atomic E-state index is 12.2. The van der Waals surface area contributed by atoms with E-state index in [0.717, 1.165) is 57.8 Å². The predicted octanol–water partition coefficient (Wildman–Crippen LogP) is 15.5. The van der Waals surface area contributed by atoms with Crippen LogP contribution in [0.2, 0.25) is 0 Å². The molecule has 0 bridgehead atoms. The van der Waals surface area contributed by atoms with Crippen LogP contribution in [0, 0.1) is 0 Å². The lowest BCUT2D eigenvalue weighted by Crippen LogP contribution is -2.45. The largest absolute Gasteiger partial charge is 0.394 e. The van der Waals surface area contributed by atoms with Gasteiger partial charge in [-0.1, -0.05) is 241 Å². The molecule has 0 aliphatic rings. The summed E-state index contributed by atoms with van der Waals surface area (Å²) in [5.74, 6) is -0.0747. The molecule has 4 heteroatoms. The average molecular weight is 780 g/mol. The molecule has 1 amide bonds. The van der Waals surface area contributed by atoms with Gasteiger partial charge in [0.2, 0.25) is 5.91 Å². The molecule has 0 aromatic heterocycles. The molecule has 0 radical (unpaired) electrons. The summed E-state index contributed by atoms with van der Waals surface area (Å²) in [7, 11) is 0. The van der Waals surface area contributed by atoms with Crippen LogP contribution in [0.1, 0.15) is 232 Å². The average Bonchev–Trinajstić information content (AvgIpc) is 3.20. The molecule has 0 aliphatic carbocycles. The van der Waals surface area contributed by atoms with Crippen LogP contribution in [-0.4, -0.2) is 34.9 Å². The van der Waals surface area contributed by atoms with Gasteiger partial charge < -0.3 is 15.5 Å². The Bertz CT molecular complexity index is 977. The monoisotopic (exact) mass is 780 g/mol. The van der Waals surface area contributed by atoms with Gasteiger partial charge in [0.15, 0.2) is 0 Å². The summed E-state index contributed by atoms with van der Waals surface area (Å²) >= 11 is 0. The minimum Gasteiger partial charge on any atom is -0.394 e. The summed E-state index contributed by atoms with van der Waals surface area (Å²) in [6, 6.07) is -0.617. The van der Waals surface area contributed by atoms with Crippen molar-refractivity contribution < 1.29 is 15.0 Å². The van der Waals surface area contributed by atoms with E-state index >= 15 is 0 Å². The first kappa shape index (κ1) is 53.8. The topological polar surface area (TPSA) is 69.6 Å². The molecular weight excluding hydrogens is 687 g/mol. The molecule has 2 unspecified atom stereocenters. The number of carbonyl (C=O) groups is 1. The van der Waals surface area contributed by atoms with Crippen molar-refractivity contribution in [3.05, 3.63) is 72.9 Å². The number of carbonyl (C=O) groups excluding carboxylic acids is 1. The summed E-state index contributed by atoms with van der Waals surface area (Å²) < 4.78 is 0. The van der Waals surface area contributed by atoms with Crippen LogP contribution in [-0.2, 0) is 4.79 Å². The van der Waals surface area contributed by atoms with Crippen molar-refractivity contribution >= 4 is 5.91 Å². The molecule has 0 rings (SSSR count). The second-order valence-corrected chi connectivity index (χ2v) is 16.1. The second kappa shape index (κ2) is 47.2. The predicted molar refractivity (Wildman–Crippen MR) is 248 cm³/mol. The van der Waals surface area contributed by atoms with Crippen molar-refractivity contribution in [2.75, 3.05) is 6.61 Å². The summed E-state index contributed by atoms with van der Waals surface area (Å²) in [4.78, 5) is 12.2. The first-order valence-corrected chi connectivity index (χ1v) is 24.2. The summed E-state index contributed by atoms with van der Waals surface area (Å²) in [6.45, 7) is 4.00. The fourth-order valence-electron chi connectivity index (χ4n) is 7.04. The van der Waals surface area contributed by atoms with Crippen molar-refractivity contribution in [3.8, 4) is 0 Å². The van der Waals surface area contributed by atoms with Crippen molar-refractivity contribution in [2.45, 2.75) is 244 Å². The highest BCUT2D eigenvalue weighted by Gasteiger charge is 2.17. The van der Waals surface area contributed by atoms with Gasteiger partial charge in [-0.3, -0.25) is 4.79 Å². The number of aliphatic hydroxyl groups excluding tert-OH is 2. The van der Waals surface area contributed by atoms with Crippen LogP contribution in [0.3, 0.4) is 0 Å². The minimum absolute atomic E-state index is 0.0747. The molecule has 0 aromatic carbocycles. The first-order valence-electron chi connectivity index (χ1n) is 24.2. The molecule has 0 spiro atoms. The Balaban J connectivity index is 3.31. The lowest BCUT2D eigenvalue weighted by molar-refractivity contribution is -0.123. The van der Waals surface area contributed by atoms with Gasteiger partial charge in [-0.15, -0.1) is 0 Å². The minimum atomic E-state index is -0.834. The summed E-state index contributed by atoms with van der Waals surface area (Å²) in [5, 5.41) is 22.4. The Kier molecular flexibility index (Phi) is 45.4. The van der Waals surface area contributed by atoms with E-state index < -0.39 is 12.1 Å². The SMILES string of the molecule is CC/C=C\C/C=C\C/C=C\C/C=C\C/C=C\CCCCCCCCCCCCCCCCCCCCCCCCCCCC(=O)NC(CO)C(O)/C=C/CCC. The molecule has 2 atom stereocenters. The van der Waals surface area contributed by atoms with Gasteiger partial charge in [0.25, 0.3) is 0 Å². The molecule has 0 heterocycles. The van der Waals surface area contributed by atoms with Crippen LogP contribution < -0.4 is 5.32 Å². The van der Waals surface area contributed by atoms with Gasteiger partial charge in [0.1, 0.15) is 0 Å². The Hall–Kier alpha value is -2.17. The highest BCUT2D eigenvalue weighted by Crippen LogP contribution is 2.16. The van der Waals surface area contributed by atoms with E-state index in [2.05, 4.69) is 79.9 Å². The normalized spacial score (nSPS) is 13.6. The van der Waals surface area contributed by atoms with Crippen LogP contribution in [0.4, 0.5) is 0 Å². The van der Waals surface area contributed by atoms with Crippen LogP contribution in [0.25, 0.3) is 0 Å². The van der Waals surface area contributed by atoms with Gasteiger partial charge in [-0.05, 0) is 57.8 Å². The molecule has 0 saturated carbocycles. The zero-order valence-corrected chi connectivity index (χ0v) is 37.1. The maximum Gasteiger partial charge on any atom is 0.220 e. The van der Waals surface area contributed by atoms with E-state index in [1.807, 2.05) is 6.08 Å². The van der Waals surface area contributed by atoms with Crippen LogP contribution >= 0.6 is 0 Å². The van der Waals surface area contributed by atoms with E-state index in [1.165, 1.54) is 154 Å². The van der Waals surface area contributed by atoms with E-state index in [9.17, 15) is 15.0 Å². The Morgan fingerprint density at radius 2 is 0.786 bits per heavy atom. The molecular formula is C52H93NO3. The molecule has 4 nitrogen and oxygen atoms in total. The zero-order valence-electron chi connectivity index (χ0n) is 37.1. The van der Waals surface area contributed by atoms with E-state index in [1.54, 1.807) is 6.08 Å². The number of hydrogen-bond acceptors (Lipinski definition) is 3. The number of unbranched alkanes of at least 4 members (excludes halogenated alkanes) is 26. The van der Waals surface area contributed by atoms with E-state index in [0.29, 0.717) is 6.42 Å². The number of amides is 1. The smallest absolute Gasteiger partial charge is 0.220 e. The number of allylic oxidation sites excluding steroid dienone is 11. The number of nitrogens with one attached hydrogen (secondary N) is 1.